The molecule has 11 aromatic rings. The van der Waals surface area contributed by atoms with Crippen molar-refractivity contribution in [3.05, 3.63) is 241 Å². The third-order valence-corrected chi connectivity index (χ3v) is 13.5. The number of aryl methyl sites for hydroxylation is 1. The van der Waals surface area contributed by atoms with Gasteiger partial charge < -0.3 is 18.9 Å². The van der Waals surface area contributed by atoms with E-state index < -0.39 is 0 Å². The predicted octanol–water partition coefficient (Wildman–Crippen LogP) is 16.0. The maximum atomic E-state index is 9.68. The Hall–Kier alpha value is -9.10. The van der Waals surface area contributed by atoms with Gasteiger partial charge in [0.05, 0.1) is 39.8 Å². The summed E-state index contributed by atoms with van der Waals surface area (Å²) in [5.74, 6) is 0. The molecule has 9 aromatic carbocycles. The number of aromatic nitrogens is 2. The summed E-state index contributed by atoms with van der Waals surface area (Å²) in [6, 6.07) is 81.2. The number of para-hydroxylation sites is 3. The molecule has 2 heterocycles. The Morgan fingerprint density at radius 3 is 1.29 bits per heavy atom. The third-order valence-electron chi connectivity index (χ3n) is 13.5. The van der Waals surface area contributed by atoms with Crippen LogP contribution >= 0.6 is 0 Å². The number of nitriles is 2. The van der Waals surface area contributed by atoms with Crippen LogP contribution in [0.5, 0.6) is 0 Å². The van der Waals surface area contributed by atoms with Crippen LogP contribution in [0, 0.1) is 22.7 Å². The SMILES string of the molecule is N#Cc1ccc(N(c2ccc(-c3ccc(N(c4ccc(C#N)cc4)c4ccc5c(c4)c4ccccc4n5-c4ccccc4)cc3)cc2)c2ccc3c(c2)c2c(n3-c3ccccc3)CCCC2)cc1. The molecule has 12 rings (SSSR count). The zero-order valence-corrected chi connectivity index (χ0v) is 37.3. The highest BCUT2D eigenvalue weighted by Gasteiger charge is 2.24. The molecule has 1 aliphatic carbocycles. The first kappa shape index (κ1) is 40.4. The van der Waals surface area contributed by atoms with Gasteiger partial charge in [-0.2, -0.15) is 10.5 Å². The first-order valence-corrected chi connectivity index (χ1v) is 23.2. The largest absolute Gasteiger partial charge is 0.313 e. The molecule has 0 radical (unpaired) electrons. The molecule has 6 heteroatoms. The minimum absolute atomic E-state index is 0.619. The molecule has 1 aliphatic rings. The van der Waals surface area contributed by atoms with E-state index >= 15 is 0 Å². The Kier molecular flexibility index (Phi) is 10.1. The molecule has 0 fully saturated rings. The monoisotopic (exact) mass is 872 g/mol. The maximum absolute atomic E-state index is 9.68. The molecule has 0 saturated heterocycles. The van der Waals surface area contributed by atoms with E-state index in [0.29, 0.717) is 11.1 Å². The lowest BCUT2D eigenvalue weighted by molar-refractivity contribution is 0.667. The van der Waals surface area contributed by atoms with Crippen molar-refractivity contribution >= 4 is 66.8 Å². The van der Waals surface area contributed by atoms with Crippen molar-refractivity contribution in [1.29, 1.82) is 10.5 Å². The zero-order valence-electron chi connectivity index (χ0n) is 37.3. The average molecular weight is 873 g/mol. The van der Waals surface area contributed by atoms with Crippen molar-refractivity contribution in [2.24, 2.45) is 0 Å². The molecule has 6 nitrogen and oxygen atoms in total. The molecule has 0 atom stereocenters. The summed E-state index contributed by atoms with van der Waals surface area (Å²) in [6.07, 6.45) is 4.53. The van der Waals surface area contributed by atoms with Crippen LogP contribution in [0.2, 0.25) is 0 Å². The number of anilines is 6. The summed E-state index contributed by atoms with van der Waals surface area (Å²) >= 11 is 0. The fraction of sp³-hybridized carbons (Fsp3) is 0.0645. The smallest absolute Gasteiger partial charge is 0.0991 e. The third kappa shape index (κ3) is 7.04. The van der Waals surface area contributed by atoms with Crippen molar-refractivity contribution in [2.45, 2.75) is 25.7 Å². The van der Waals surface area contributed by atoms with Crippen LogP contribution < -0.4 is 9.80 Å². The predicted molar refractivity (Wildman–Crippen MR) is 278 cm³/mol. The highest BCUT2D eigenvalue weighted by molar-refractivity contribution is 6.10. The molecular weight excluding hydrogens is 829 g/mol. The lowest BCUT2D eigenvalue weighted by Gasteiger charge is -2.26. The molecule has 0 N–H and O–H groups in total. The van der Waals surface area contributed by atoms with E-state index in [4.69, 9.17) is 0 Å². The summed E-state index contributed by atoms with van der Waals surface area (Å²) in [4.78, 5) is 4.56. The summed E-state index contributed by atoms with van der Waals surface area (Å²) in [5.41, 5.74) is 18.3. The van der Waals surface area contributed by atoms with Gasteiger partial charge >= 0.3 is 0 Å². The second-order valence-electron chi connectivity index (χ2n) is 17.5. The number of nitrogens with zero attached hydrogens (tertiary/aromatic N) is 6. The van der Waals surface area contributed by atoms with E-state index in [1.807, 2.05) is 48.5 Å². The number of hydrogen-bond acceptors (Lipinski definition) is 4. The molecule has 0 aliphatic heterocycles. The van der Waals surface area contributed by atoms with Gasteiger partial charge in [0, 0.05) is 67.4 Å². The van der Waals surface area contributed by atoms with Crippen LogP contribution in [-0.4, -0.2) is 9.13 Å². The van der Waals surface area contributed by atoms with Gasteiger partial charge in [0.25, 0.3) is 0 Å². The Morgan fingerprint density at radius 2 is 0.765 bits per heavy atom. The van der Waals surface area contributed by atoms with Gasteiger partial charge in [-0.25, -0.2) is 0 Å². The van der Waals surface area contributed by atoms with Crippen LogP contribution in [0.4, 0.5) is 34.1 Å². The Balaban J connectivity index is 0.912. The van der Waals surface area contributed by atoms with Gasteiger partial charge in [-0.15, -0.1) is 0 Å². The summed E-state index contributed by atoms with van der Waals surface area (Å²) in [6.45, 7) is 0. The summed E-state index contributed by atoms with van der Waals surface area (Å²) in [5, 5.41) is 23.0. The highest BCUT2D eigenvalue weighted by Crippen LogP contribution is 2.43. The van der Waals surface area contributed by atoms with E-state index in [1.165, 1.54) is 46.1 Å². The van der Waals surface area contributed by atoms with Crippen molar-refractivity contribution < 1.29 is 0 Å². The molecule has 0 bridgehead atoms. The molecule has 2 aromatic heterocycles. The maximum Gasteiger partial charge on any atom is 0.0991 e. The van der Waals surface area contributed by atoms with Crippen LogP contribution in [0.1, 0.15) is 35.2 Å². The summed E-state index contributed by atoms with van der Waals surface area (Å²) < 4.78 is 4.80. The normalized spacial score (nSPS) is 12.1. The first-order chi connectivity index (χ1) is 33.6. The standard InChI is InChI=1S/C62H44N6/c63-41-43-19-27-49(28-20-43)65(53-35-37-61-57(39-53)55-15-7-9-17-59(55)67(61)47-11-3-1-4-12-47)51-31-23-45(24-32-51)46-25-33-52(34-26-46)66(50-29-21-44(42-64)22-30-50)54-36-38-62-58(40-54)56-16-8-10-18-60(56)68(62)48-13-5-2-6-14-48/h1-7,9,11-15,17,19-40H,8,10,16,18H2. The average Bonchev–Trinajstić information content (AvgIpc) is 3.92. The van der Waals surface area contributed by atoms with Crippen LogP contribution in [0.25, 0.3) is 55.2 Å². The van der Waals surface area contributed by atoms with Crippen molar-refractivity contribution in [2.75, 3.05) is 9.80 Å². The molecular formula is C62H44N6. The fourth-order valence-electron chi connectivity index (χ4n) is 10.4. The lowest BCUT2D eigenvalue weighted by atomic mass is 9.95. The van der Waals surface area contributed by atoms with Crippen molar-refractivity contribution in [3.8, 4) is 34.6 Å². The number of hydrogen-bond donors (Lipinski definition) is 0. The Labute approximate surface area is 395 Å². The zero-order chi connectivity index (χ0) is 45.6. The van der Waals surface area contributed by atoms with Gasteiger partial charge in [-0.3, -0.25) is 0 Å². The second kappa shape index (κ2) is 17.0. The lowest BCUT2D eigenvalue weighted by Crippen LogP contribution is -2.10. The number of benzene rings is 9. The van der Waals surface area contributed by atoms with Gasteiger partial charge in [0.2, 0.25) is 0 Å². The van der Waals surface area contributed by atoms with Crippen molar-refractivity contribution in [3.63, 3.8) is 0 Å². The Bertz CT molecular complexity index is 3720. The van der Waals surface area contributed by atoms with Gasteiger partial charge in [-0.1, -0.05) is 78.9 Å². The van der Waals surface area contributed by atoms with Crippen LogP contribution in [0.3, 0.4) is 0 Å². The first-order valence-electron chi connectivity index (χ1n) is 23.2. The highest BCUT2D eigenvalue weighted by atomic mass is 15.1. The fourth-order valence-corrected chi connectivity index (χ4v) is 10.4. The second-order valence-corrected chi connectivity index (χ2v) is 17.5. The Morgan fingerprint density at radius 1 is 0.353 bits per heavy atom. The minimum atomic E-state index is 0.619. The molecule has 322 valence electrons. The molecule has 68 heavy (non-hydrogen) atoms. The van der Waals surface area contributed by atoms with E-state index in [9.17, 15) is 10.5 Å². The van der Waals surface area contributed by atoms with Gasteiger partial charge in [-0.05, 0) is 182 Å². The molecule has 0 spiro atoms. The van der Waals surface area contributed by atoms with E-state index in [2.05, 4.69) is 201 Å². The van der Waals surface area contributed by atoms with Gasteiger partial charge in [0.1, 0.15) is 0 Å². The molecule has 0 amide bonds. The van der Waals surface area contributed by atoms with Crippen LogP contribution in [-0.2, 0) is 12.8 Å². The van der Waals surface area contributed by atoms with Crippen LogP contribution in [0.15, 0.2) is 218 Å². The number of fused-ring (bicyclic) bond motifs is 6. The van der Waals surface area contributed by atoms with E-state index in [1.54, 1.807) is 0 Å². The van der Waals surface area contributed by atoms with Gasteiger partial charge in [0.15, 0.2) is 0 Å². The van der Waals surface area contributed by atoms with Crippen molar-refractivity contribution in [1.82, 2.24) is 9.13 Å². The topological polar surface area (TPSA) is 63.9 Å². The van der Waals surface area contributed by atoms with E-state index in [0.717, 1.165) is 80.2 Å². The minimum Gasteiger partial charge on any atom is -0.313 e. The summed E-state index contributed by atoms with van der Waals surface area (Å²) in [7, 11) is 0. The molecule has 0 unspecified atom stereocenters. The molecule has 0 saturated carbocycles. The van der Waals surface area contributed by atoms with E-state index in [-0.39, 0.29) is 0 Å². The number of rotatable bonds is 9. The quantitative estimate of drug-likeness (QED) is 0.145.